The highest BCUT2D eigenvalue weighted by Crippen LogP contribution is 2.38. The van der Waals surface area contributed by atoms with Crippen molar-refractivity contribution in [3.8, 4) is 0 Å². The first-order valence-corrected chi connectivity index (χ1v) is 25.0. The number of hydrogen-bond acceptors (Lipinski definition) is 14. The molecule has 4 aliphatic rings. The Hall–Kier alpha value is -3.41. The lowest BCUT2D eigenvalue weighted by molar-refractivity contribution is -0.265. The van der Waals surface area contributed by atoms with Crippen molar-refractivity contribution in [1.82, 2.24) is 4.90 Å². The molecule has 0 unspecified atom stereocenters. The number of nitrogens with zero attached hydrogens (tertiary/aromatic N) is 1. The highest BCUT2D eigenvalue weighted by molar-refractivity contribution is 6.39. The zero-order chi connectivity index (χ0) is 50.3. The Morgan fingerprint density at radius 2 is 1.59 bits per heavy atom. The third-order valence-electron chi connectivity index (χ3n) is 14.9. The van der Waals surface area contributed by atoms with E-state index in [2.05, 4.69) is 0 Å². The summed E-state index contributed by atoms with van der Waals surface area (Å²) in [7, 11) is 4.58. The molecule has 1 saturated carbocycles. The number of piperidine rings is 1. The Bertz CT molecular complexity index is 1810. The molecule has 0 radical (unpaired) electrons. The van der Waals surface area contributed by atoms with E-state index in [1.54, 1.807) is 41.1 Å². The van der Waals surface area contributed by atoms with Crippen molar-refractivity contribution in [2.75, 3.05) is 41.1 Å². The van der Waals surface area contributed by atoms with Crippen molar-refractivity contribution in [3.05, 3.63) is 47.6 Å². The number of esters is 1. The van der Waals surface area contributed by atoms with Crippen LogP contribution in [-0.2, 0) is 52.4 Å². The minimum atomic E-state index is -2.43. The van der Waals surface area contributed by atoms with Gasteiger partial charge in [-0.15, -0.1) is 0 Å². The summed E-state index contributed by atoms with van der Waals surface area (Å²) in [5, 5.41) is 32.8. The summed E-state index contributed by atoms with van der Waals surface area (Å²) in [6, 6.07) is -1.14. The fourth-order valence-corrected chi connectivity index (χ4v) is 10.5. The van der Waals surface area contributed by atoms with Crippen LogP contribution in [0.25, 0.3) is 0 Å². The van der Waals surface area contributed by atoms with Crippen LogP contribution in [0, 0.1) is 35.5 Å². The van der Waals surface area contributed by atoms with Gasteiger partial charge in [0.25, 0.3) is 11.7 Å². The molecule has 0 aromatic rings. The molecule has 4 rings (SSSR count). The SMILES string of the molecule is CO[C@H]1C[C@@H]2CC[C@@H](C)[C@@](O)(O2)C(=O)C(=O)N2CCCC[C@@H]2C(=O)O[C@H]([C@H](C)C[C@@H]2CC[C@@H](OCCO)[C@H](OC)C2)CC(=O)[C@H](C)/C=C(\C)[C@@H](O)[C@@H](OC)C(=O)[C@H](C)C[C@H](C)/C=C/C=C/C=C/1C. The molecule has 3 fully saturated rings. The molecule has 15 nitrogen and oxygen atoms in total. The fraction of sp³-hybridized carbons (Fsp3) is 0.755. The number of hydrogen-bond donors (Lipinski definition) is 3. The lowest BCUT2D eigenvalue weighted by Gasteiger charge is -2.42. The number of aliphatic hydroxyl groups is 3. The Labute approximate surface area is 405 Å². The smallest absolute Gasteiger partial charge is 0.329 e. The highest BCUT2D eigenvalue weighted by atomic mass is 16.6. The molecule has 0 aromatic heterocycles. The monoisotopic (exact) mass is 958 g/mol. The van der Waals surface area contributed by atoms with Gasteiger partial charge in [-0.25, -0.2) is 4.79 Å². The van der Waals surface area contributed by atoms with Crippen molar-refractivity contribution < 1.29 is 67.7 Å². The number of ether oxygens (including phenoxy) is 6. The molecule has 2 bridgehead atoms. The summed E-state index contributed by atoms with van der Waals surface area (Å²) >= 11 is 0. The van der Waals surface area contributed by atoms with Crippen LogP contribution >= 0.6 is 0 Å². The van der Waals surface area contributed by atoms with E-state index < -0.39 is 77.8 Å². The average molecular weight is 958 g/mol. The van der Waals surface area contributed by atoms with E-state index in [9.17, 15) is 39.3 Å². The number of carbonyl (C=O) groups is 5. The zero-order valence-corrected chi connectivity index (χ0v) is 42.4. The van der Waals surface area contributed by atoms with E-state index >= 15 is 0 Å². The van der Waals surface area contributed by atoms with Crippen molar-refractivity contribution >= 4 is 29.2 Å². The highest BCUT2D eigenvalue weighted by Gasteiger charge is 2.53. The quantitative estimate of drug-likeness (QED) is 0.134. The van der Waals surface area contributed by atoms with Crippen molar-refractivity contribution in [3.63, 3.8) is 0 Å². The molecular weight excluding hydrogens is 875 g/mol. The molecule has 1 amide bonds. The Balaban J connectivity index is 1.70. The van der Waals surface area contributed by atoms with Gasteiger partial charge in [-0.2, -0.15) is 0 Å². The summed E-state index contributed by atoms with van der Waals surface area (Å²) in [6.45, 7) is 12.9. The predicted octanol–water partition coefficient (Wildman–Crippen LogP) is 6.20. The van der Waals surface area contributed by atoms with Crippen molar-refractivity contribution in [1.29, 1.82) is 0 Å². The second-order valence-corrected chi connectivity index (χ2v) is 20.2. The Morgan fingerprint density at radius 3 is 2.26 bits per heavy atom. The van der Waals surface area contributed by atoms with Crippen molar-refractivity contribution in [2.24, 2.45) is 35.5 Å². The Kier molecular flexibility index (Phi) is 22.9. The number of cyclic esters (lactones) is 1. The van der Waals surface area contributed by atoms with Gasteiger partial charge in [0, 0.05) is 58.5 Å². The van der Waals surface area contributed by atoms with Gasteiger partial charge in [0.15, 0.2) is 5.78 Å². The van der Waals surface area contributed by atoms with Crippen LogP contribution in [0.2, 0.25) is 0 Å². The van der Waals surface area contributed by atoms with Gasteiger partial charge in [0.05, 0.1) is 37.6 Å². The summed E-state index contributed by atoms with van der Waals surface area (Å²) < 4.78 is 35.6. The van der Waals surface area contributed by atoms with Gasteiger partial charge >= 0.3 is 5.97 Å². The molecule has 384 valence electrons. The largest absolute Gasteiger partial charge is 0.460 e. The molecule has 0 spiro atoms. The van der Waals surface area contributed by atoms with Gasteiger partial charge in [-0.05, 0) is 107 Å². The molecule has 3 aliphatic heterocycles. The van der Waals surface area contributed by atoms with E-state index in [1.807, 2.05) is 58.1 Å². The van der Waals surface area contributed by atoms with E-state index in [4.69, 9.17) is 28.4 Å². The van der Waals surface area contributed by atoms with Crippen molar-refractivity contribution in [2.45, 2.75) is 180 Å². The predicted molar refractivity (Wildman–Crippen MR) is 256 cm³/mol. The first-order valence-electron chi connectivity index (χ1n) is 25.0. The Morgan fingerprint density at radius 1 is 0.853 bits per heavy atom. The topological polar surface area (TPSA) is 205 Å². The van der Waals surface area contributed by atoms with E-state index in [-0.39, 0.29) is 74.1 Å². The van der Waals surface area contributed by atoms with Gasteiger partial charge in [0.1, 0.15) is 30.1 Å². The number of rotatable bonds is 9. The molecule has 0 aromatic carbocycles. The van der Waals surface area contributed by atoms with Crippen LogP contribution in [0.3, 0.4) is 0 Å². The molecular formula is C53H83NO14. The second-order valence-electron chi connectivity index (χ2n) is 20.2. The molecule has 68 heavy (non-hydrogen) atoms. The summed E-state index contributed by atoms with van der Waals surface area (Å²) in [4.78, 5) is 72.1. The third-order valence-corrected chi connectivity index (χ3v) is 14.9. The second kappa shape index (κ2) is 27.3. The molecule has 3 N–H and O–H groups in total. The van der Waals surface area contributed by atoms with E-state index in [0.717, 1.165) is 12.0 Å². The maximum Gasteiger partial charge on any atom is 0.329 e. The summed E-state index contributed by atoms with van der Waals surface area (Å²) in [5.74, 6) is -7.96. The van der Waals surface area contributed by atoms with Gasteiger partial charge < -0.3 is 48.6 Å². The maximum atomic E-state index is 14.5. The van der Waals surface area contributed by atoms with Crippen LogP contribution in [0.1, 0.15) is 126 Å². The molecule has 1 aliphatic carbocycles. The van der Waals surface area contributed by atoms with Crippen LogP contribution in [0.4, 0.5) is 0 Å². The van der Waals surface area contributed by atoms with Crippen LogP contribution in [-0.4, -0.2) is 145 Å². The van der Waals surface area contributed by atoms with E-state index in [1.165, 1.54) is 12.0 Å². The lowest BCUT2D eigenvalue weighted by atomic mass is 9.78. The number of ketones is 3. The maximum absolute atomic E-state index is 14.5. The molecule has 15 heteroatoms. The fourth-order valence-electron chi connectivity index (χ4n) is 10.5. The molecule has 3 heterocycles. The van der Waals surface area contributed by atoms with Gasteiger partial charge in [-0.3, -0.25) is 19.2 Å². The number of Topliss-reactive ketones (excluding diaryl/α,β-unsaturated/α-hetero) is 3. The minimum absolute atomic E-state index is 0.0158. The van der Waals surface area contributed by atoms with Crippen LogP contribution in [0.5, 0.6) is 0 Å². The minimum Gasteiger partial charge on any atom is -0.460 e. The summed E-state index contributed by atoms with van der Waals surface area (Å²) in [5.41, 5.74) is 1.26. The van der Waals surface area contributed by atoms with Crippen LogP contribution < -0.4 is 0 Å². The molecule has 15 atom stereocenters. The number of carbonyl (C=O) groups excluding carboxylic acids is 5. The number of amides is 1. The normalized spacial score (nSPS) is 39.2. The first-order chi connectivity index (χ1) is 32.3. The average Bonchev–Trinajstić information content (AvgIpc) is 3.32. The number of aliphatic hydroxyl groups excluding tert-OH is 2. The van der Waals surface area contributed by atoms with Gasteiger partial charge in [-0.1, -0.05) is 71.1 Å². The summed E-state index contributed by atoms with van der Waals surface area (Å²) in [6.07, 6.45) is 12.0. The number of allylic oxidation sites excluding steroid dienone is 6. The number of methoxy groups -OCH3 is 3. The molecule has 2 saturated heterocycles. The standard InChI is InChI=1S/C53H83NO14/c1-32-16-12-11-13-17-33(2)44(63-8)30-40-21-19-38(7)53(62,68-40)50(59)51(60)54-23-15-14-18-41(54)52(61)67-45(35(4)28-39-20-22-43(66-25-24-55)46(29-39)64-9)31-42(56)34(3)27-37(6)48(58)49(65-10)47(57)36(5)26-32/h11-13,16-17,27,32,34-36,38-41,43-46,48-49,55,58,62H,14-15,18-26,28-31H2,1-10H3/b13-11+,16-12+,33-17+,37-27+/t32-,34-,35-,36-,38-,39+,40+,41-,43-,44+,45+,46-,48-,49+,53-/m1/s1. The zero-order valence-electron chi connectivity index (χ0n) is 42.4. The van der Waals surface area contributed by atoms with Gasteiger partial charge in [0.2, 0.25) is 5.79 Å². The van der Waals surface area contributed by atoms with Crippen LogP contribution in [0.15, 0.2) is 47.6 Å². The van der Waals surface area contributed by atoms with E-state index in [0.29, 0.717) is 63.4 Å². The third kappa shape index (κ3) is 15.3. The number of fused-ring (bicyclic) bond motifs is 3. The first kappa shape index (κ1) is 57.2. The lowest BCUT2D eigenvalue weighted by Crippen LogP contribution is -2.61.